The Kier molecular flexibility index (Phi) is 1.88. The fraction of sp³-hybridized carbons (Fsp3) is 0.200. The van der Waals surface area contributed by atoms with Crippen molar-refractivity contribution in [2.45, 2.75) is 0 Å². The van der Waals surface area contributed by atoms with Crippen LogP contribution in [0.3, 0.4) is 0 Å². The minimum atomic E-state index is 0.0872. The fourth-order valence-electron chi connectivity index (χ4n) is 0.516. The van der Waals surface area contributed by atoms with E-state index in [0.717, 1.165) is 0 Å². The van der Waals surface area contributed by atoms with Gasteiger partial charge in [-0.05, 0) is 0 Å². The van der Waals surface area contributed by atoms with Gasteiger partial charge < -0.3 is 10.4 Å². The Balaban J connectivity index is 2.88. The summed E-state index contributed by atoms with van der Waals surface area (Å²) >= 11 is 11.0. The number of hydrogen-bond acceptors (Lipinski definition) is 2. The average molecular weight is 166 g/mol. The zero-order valence-corrected chi connectivity index (χ0v) is 6.00. The Hall–Kier alpha value is -0.340. The maximum absolute atomic E-state index is 8.91. The molecule has 0 aliphatic carbocycles. The molecule has 2 N–H and O–H groups in total. The van der Waals surface area contributed by atoms with Crippen molar-refractivity contribution in [1.29, 1.82) is 0 Å². The van der Waals surface area contributed by atoms with Gasteiger partial charge in [-0.3, -0.25) is 0 Å². The van der Waals surface area contributed by atoms with Crippen molar-refractivity contribution in [1.82, 2.24) is 5.32 Å². The zero-order valence-electron chi connectivity index (χ0n) is 4.49. The van der Waals surface area contributed by atoms with Gasteiger partial charge in [0.2, 0.25) is 0 Å². The van der Waals surface area contributed by atoms with Crippen molar-refractivity contribution in [3.63, 3.8) is 0 Å². The quantitative estimate of drug-likeness (QED) is 0.573. The summed E-state index contributed by atoms with van der Waals surface area (Å²) in [6.45, 7) is 0.356. The number of halogens is 2. The lowest BCUT2D eigenvalue weighted by molar-refractivity contribution is 0.391. The normalized spacial score (nSPS) is 19.1. The first-order valence-electron chi connectivity index (χ1n) is 2.39. The van der Waals surface area contributed by atoms with Gasteiger partial charge in [0.15, 0.2) is 0 Å². The predicted molar refractivity (Wildman–Crippen MR) is 37.4 cm³/mol. The highest BCUT2D eigenvalue weighted by Gasteiger charge is 2.09. The molecule has 0 spiro atoms. The van der Waals surface area contributed by atoms with Crippen molar-refractivity contribution in [2.75, 3.05) is 6.54 Å². The molecule has 0 amide bonds. The first-order chi connectivity index (χ1) is 4.22. The summed E-state index contributed by atoms with van der Waals surface area (Å²) in [4.78, 5) is 0. The summed E-state index contributed by atoms with van der Waals surface area (Å²) in [5.74, 6) is 0.0872. The molecule has 0 atom stereocenters. The molecule has 0 aromatic carbocycles. The predicted octanol–water partition coefficient (Wildman–Crippen LogP) is 1.68. The highest BCUT2D eigenvalue weighted by Crippen LogP contribution is 2.22. The Morgan fingerprint density at radius 3 is 2.67 bits per heavy atom. The van der Waals surface area contributed by atoms with Crippen LogP contribution in [0.1, 0.15) is 0 Å². The molecular weight excluding hydrogens is 161 g/mol. The molecule has 4 heteroatoms. The van der Waals surface area contributed by atoms with E-state index in [2.05, 4.69) is 5.32 Å². The molecule has 50 valence electrons. The molecule has 0 radical (unpaired) electrons. The molecule has 0 bridgehead atoms. The lowest BCUT2D eigenvalue weighted by atomic mass is 10.3. The first-order valence-corrected chi connectivity index (χ1v) is 3.14. The van der Waals surface area contributed by atoms with E-state index in [0.29, 0.717) is 11.6 Å². The molecule has 0 saturated carbocycles. The largest absolute Gasteiger partial charge is 0.509 e. The smallest absolute Gasteiger partial charge is 0.131 e. The van der Waals surface area contributed by atoms with E-state index in [4.69, 9.17) is 28.3 Å². The SMILES string of the molecule is OC1=C(Cl)C(Cl)=CNC1. The number of aliphatic hydroxyl groups is 1. The van der Waals surface area contributed by atoms with Gasteiger partial charge >= 0.3 is 0 Å². The van der Waals surface area contributed by atoms with Gasteiger partial charge in [-0.25, -0.2) is 0 Å². The van der Waals surface area contributed by atoms with E-state index in [1.54, 1.807) is 6.20 Å². The van der Waals surface area contributed by atoms with E-state index >= 15 is 0 Å². The summed E-state index contributed by atoms with van der Waals surface area (Å²) < 4.78 is 0. The van der Waals surface area contributed by atoms with Gasteiger partial charge in [0.05, 0.1) is 16.6 Å². The molecule has 0 fully saturated rings. The summed E-state index contributed by atoms with van der Waals surface area (Å²) in [6.07, 6.45) is 1.55. The number of aliphatic hydroxyl groups excluding tert-OH is 1. The molecule has 1 aliphatic heterocycles. The topological polar surface area (TPSA) is 32.3 Å². The van der Waals surface area contributed by atoms with Crippen molar-refractivity contribution < 1.29 is 5.11 Å². The van der Waals surface area contributed by atoms with Crippen LogP contribution in [0.4, 0.5) is 0 Å². The van der Waals surface area contributed by atoms with Gasteiger partial charge in [0, 0.05) is 6.20 Å². The van der Waals surface area contributed by atoms with Gasteiger partial charge in [-0.1, -0.05) is 23.2 Å². The second-order valence-corrected chi connectivity index (χ2v) is 2.42. The van der Waals surface area contributed by atoms with Crippen LogP contribution in [0.15, 0.2) is 22.0 Å². The lowest BCUT2D eigenvalue weighted by Gasteiger charge is -2.09. The molecule has 1 rings (SSSR count). The number of allylic oxidation sites excluding steroid dienone is 2. The maximum Gasteiger partial charge on any atom is 0.131 e. The molecule has 0 saturated heterocycles. The number of hydrogen-bond donors (Lipinski definition) is 2. The second-order valence-electron chi connectivity index (χ2n) is 1.63. The van der Waals surface area contributed by atoms with Crippen LogP contribution in [0.25, 0.3) is 0 Å². The van der Waals surface area contributed by atoms with Crippen molar-refractivity contribution in [3.8, 4) is 0 Å². The molecule has 0 aromatic heterocycles. The fourth-order valence-corrected chi connectivity index (χ4v) is 0.824. The first kappa shape index (κ1) is 6.78. The number of nitrogens with one attached hydrogen (secondary N) is 1. The van der Waals surface area contributed by atoms with Crippen LogP contribution in [0.2, 0.25) is 0 Å². The Bertz CT molecular complexity index is 185. The summed E-state index contributed by atoms with van der Waals surface area (Å²) in [7, 11) is 0. The zero-order chi connectivity index (χ0) is 6.85. The summed E-state index contributed by atoms with van der Waals surface area (Å²) in [6, 6.07) is 0. The van der Waals surface area contributed by atoms with Crippen molar-refractivity contribution in [2.24, 2.45) is 0 Å². The van der Waals surface area contributed by atoms with Crippen LogP contribution < -0.4 is 5.32 Å². The third-order valence-corrected chi connectivity index (χ3v) is 1.78. The summed E-state index contributed by atoms with van der Waals surface area (Å²) in [5.41, 5.74) is 0. The maximum atomic E-state index is 8.91. The average Bonchev–Trinajstić information content (AvgIpc) is 1.83. The lowest BCUT2D eigenvalue weighted by Crippen LogP contribution is -2.15. The molecule has 1 heterocycles. The number of dihydropyridines is 1. The Labute approximate surface area is 62.8 Å². The Morgan fingerprint density at radius 2 is 2.22 bits per heavy atom. The molecular formula is C5H5Cl2NO. The van der Waals surface area contributed by atoms with E-state index in [1.807, 2.05) is 0 Å². The standard InChI is InChI=1S/C5H5Cl2NO/c6-3-1-8-2-4(9)5(3)7/h1,8-9H,2H2. The van der Waals surface area contributed by atoms with E-state index < -0.39 is 0 Å². The summed E-state index contributed by atoms with van der Waals surface area (Å²) in [5, 5.41) is 12.2. The molecule has 2 nitrogen and oxygen atoms in total. The monoisotopic (exact) mass is 165 g/mol. The molecule has 1 aliphatic rings. The third kappa shape index (κ3) is 1.32. The second kappa shape index (κ2) is 2.50. The van der Waals surface area contributed by atoms with Crippen LogP contribution in [-0.4, -0.2) is 11.7 Å². The molecule has 0 aromatic rings. The van der Waals surface area contributed by atoms with Crippen molar-refractivity contribution >= 4 is 23.2 Å². The minimum Gasteiger partial charge on any atom is -0.509 e. The van der Waals surface area contributed by atoms with Gasteiger partial charge in [0.25, 0.3) is 0 Å². The van der Waals surface area contributed by atoms with Crippen LogP contribution in [0.5, 0.6) is 0 Å². The van der Waals surface area contributed by atoms with Crippen LogP contribution >= 0.6 is 23.2 Å². The van der Waals surface area contributed by atoms with Crippen LogP contribution in [0, 0.1) is 0 Å². The third-order valence-electron chi connectivity index (χ3n) is 0.961. The van der Waals surface area contributed by atoms with E-state index in [-0.39, 0.29) is 10.8 Å². The number of rotatable bonds is 0. The molecule has 0 unspecified atom stereocenters. The van der Waals surface area contributed by atoms with Gasteiger partial charge in [-0.2, -0.15) is 0 Å². The highest BCUT2D eigenvalue weighted by atomic mass is 35.5. The van der Waals surface area contributed by atoms with Crippen molar-refractivity contribution in [3.05, 3.63) is 22.0 Å². The van der Waals surface area contributed by atoms with E-state index in [1.165, 1.54) is 0 Å². The van der Waals surface area contributed by atoms with E-state index in [9.17, 15) is 0 Å². The van der Waals surface area contributed by atoms with Crippen LogP contribution in [-0.2, 0) is 0 Å². The van der Waals surface area contributed by atoms with Gasteiger partial charge in [-0.15, -0.1) is 0 Å². The molecule has 9 heavy (non-hydrogen) atoms. The van der Waals surface area contributed by atoms with Gasteiger partial charge in [0.1, 0.15) is 5.76 Å². The minimum absolute atomic E-state index is 0.0872. The Morgan fingerprint density at radius 1 is 1.56 bits per heavy atom. The highest BCUT2D eigenvalue weighted by molar-refractivity contribution is 6.44.